The number of carbonyl (C=O) groups excluding carboxylic acids is 1. The molecule has 0 atom stereocenters. The van der Waals surface area contributed by atoms with Crippen molar-refractivity contribution in [3.8, 4) is 0 Å². The van der Waals surface area contributed by atoms with Gasteiger partial charge in [0.2, 0.25) is 0 Å². The highest BCUT2D eigenvalue weighted by Gasteiger charge is 2.17. The fourth-order valence-electron chi connectivity index (χ4n) is 3.74. The van der Waals surface area contributed by atoms with Crippen LogP contribution >= 0.6 is 0 Å². The summed E-state index contributed by atoms with van der Waals surface area (Å²) in [6.45, 7) is 5.15. The molecule has 0 saturated heterocycles. The molecule has 0 amide bonds. The minimum atomic E-state index is 0.138. The second-order valence-electron chi connectivity index (χ2n) is 6.46. The number of hydrogen-bond donors (Lipinski definition) is 0. The van der Waals surface area contributed by atoms with Gasteiger partial charge < -0.3 is 4.57 Å². The van der Waals surface area contributed by atoms with E-state index in [-0.39, 0.29) is 5.78 Å². The maximum atomic E-state index is 13.0. The Kier molecular flexibility index (Phi) is 3.61. The van der Waals surface area contributed by atoms with Crippen molar-refractivity contribution in [2.24, 2.45) is 0 Å². The zero-order chi connectivity index (χ0) is 16.7. The van der Waals surface area contributed by atoms with Crippen LogP contribution in [0.3, 0.4) is 0 Å². The molecule has 1 aliphatic carbocycles. The molecule has 1 heterocycles. The van der Waals surface area contributed by atoms with Gasteiger partial charge in [0.15, 0.2) is 5.78 Å². The topological polar surface area (TPSA) is 22.0 Å². The molecule has 0 aliphatic heterocycles. The summed E-state index contributed by atoms with van der Waals surface area (Å²) < 4.78 is 2.31. The van der Waals surface area contributed by atoms with E-state index in [1.807, 2.05) is 12.1 Å². The summed E-state index contributed by atoms with van der Waals surface area (Å²) in [5.41, 5.74) is 5.26. The Morgan fingerprint density at radius 1 is 1.08 bits per heavy atom. The van der Waals surface area contributed by atoms with Crippen LogP contribution in [0.5, 0.6) is 0 Å². The normalized spacial score (nSPS) is 14.8. The van der Waals surface area contributed by atoms with Crippen LogP contribution in [-0.4, -0.2) is 10.4 Å². The van der Waals surface area contributed by atoms with E-state index in [0.717, 1.165) is 35.9 Å². The largest absolute Gasteiger partial charge is 0.341 e. The summed E-state index contributed by atoms with van der Waals surface area (Å²) in [6, 6.07) is 14.6. The quantitative estimate of drug-likeness (QED) is 0.571. The lowest BCUT2D eigenvalue weighted by Crippen LogP contribution is -2.06. The Labute approximate surface area is 142 Å². The van der Waals surface area contributed by atoms with Crippen molar-refractivity contribution in [2.75, 3.05) is 0 Å². The van der Waals surface area contributed by atoms with E-state index in [1.165, 1.54) is 22.0 Å². The van der Waals surface area contributed by atoms with Crippen LogP contribution in [0.1, 0.15) is 37.0 Å². The van der Waals surface area contributed by atoms with E-state index in [9.17, 15) is 4.79 Å². The van der Waals surface area contributed by atoms with Crippen LogP contribution < -0.4 is 0 Å². The van der Waals surface area contributed by atoms with Gasteiger partial charge in [0.25, 0.3) is 0 Å². The van der Waals surface area contributed by atoms with Crippen molar-refractivity contribution in [1.29, 1.82) is 0 Å². The van der Waals surface area contributed by atoms with E-state index >= 15 is 0 Å². The highest BCUT2D eigenvalue weighted by molar-refractivity contribution is 6.15. The maximum absolute atomic E-state index is 13.0. The molecule has 2 heteroatoms. The van der Waals surface area contributed by atoms with E-state index in [1.54, 1.807) is 0 Å². The monoisotopic (exact) mass is 315 g/mol. The lowest BCUT2D eigenvalue weighted by atomic mass is 9.92. The van der Waals surface area contributed by atoms with Crippen molar-refractivity contribution in [1.82, 2.24) is 4.57 Å². The Morgan fingerprint density at radius 2 is 1.88 bits per heavy atom. The molecule has 0 fully saturated rings. The van der Waals surface area contributed by atoms with Gasteiger partial charge in [-0.05, 0) is 51.0 Å². The molecule has 0 unspecified atom stereocenters. The van der Waals surface area contributed by atoms with Gasteiger partial charge in [-0.1, -0.05) is 35.9 Å². The number of nitrogens with zero attached hydrogens (tertiary/aromatic N) is 1. The fraction of sp³-hybridized carbons (Fsp3) is 0.227. The third kappa shape index (κ3) is 2.22. The molecule has 1 aliphatic rings. The minimum Gasteiger partial charge on any atom is -0.341 e. The van der Waals surface area contributed by atoms with Crippen LogP contribution in [-0.2, 0) is 6.54 Å². The van der Waals surface area contributed by atoms with Crippen molar-refractivity contribution < 1.29 is 4.79 Å². The Hall–Kier alpha value is -2.61. The molecule has 0 bridgehead atoms. The van der Waals surface area contributed by atoms with Crippen LogP contribution in [0.25, 0.3) is 21.8 Å². The highest BCUT2D eigenvalue weighted by Crippen LogP contribution is 2.31. The second-order valence-corrected chi connectivity index (χ2v) is 6.46. The van der Waals surface area contributed by atoms with Gasteiger partial charge in [-0.2, -0.15) is 0 Å². The zero-order valence-corrected chi connectivity index (χ0v) is 14.2. The van der Waals surface area contributed by atoms with E-state index in [4.69, 9.17) is 0 Å². The number of para-hydroxylation sites is 1. The number of Topliss-reactive ketones (excluding diaryl/α,β-unsaturated/α-hetero) is 1. The average molecular weight is 315 g/mol. The molecule has 2 aromatic carbocycles. The standard InChI is InChI=1S/C22H21NO/c1-3-23-20-11-7-6-10-18(20)19-14-16(12-13-21(19)23)22(24)17-9-5-4-8-15(17)2/h5-7,9-14H,3-4,8H2,1-2H3. The lowest BCUT2D eigenvalue weighted by molar-refractivity contribution is 0.103. The summed E-state index contributed by atoms with van der Waals surface area (Å²) in [4.78, 5) is 13.0. The van der Waals surface area contributed by atoms with Crippen molar-refractivity contribution in [3.05, 3.63) is 71.3 Å². The number of hydrogen-bond acceptors (Lipinski definition) is 1. The molecule has 3 aromatic rings. The first-order valence-electron chi connectivity index (χ1n) is 8.62. The van der Waals surface area contributed by atoms with Gasteiger partial charge in [0.1, 0.15) is 0 Å². The SMILES string of the molecule is CCn1c2ccccc2c2cc(C(=O)C3=C(C)CCC=C3)ccc21. The van der Waals surface area contributed by atoms with Gasteiger partial charge in [-0.25, -0.2) is 0 Å². The molecule has 0 N–H and O–H groups in total. The number of benzene rings is 2. The average Bonchev–Trinajstić information content (AvgIpc) is 2.94. The number of aryl methyl sites for hydroxylation is 1. The third-order valence-corrected chi connectivity index (χ3v) is 5.03. The second kappa shape index (κ2) is 5.79. The van der Waals surface area contributed by atoms with Crippen molar-refractivity contribution in [2.45, 2.75) is 33.2 Å². The number of fused-ring (bicyclic) bond motifs is 3. The third-order valence-electron chi connectivity index (χ3n) is 5.03. The lowest BCUT2D eigenvalue weighted by Gasteiger charge is -2.11. The smallest absolute Gasteiger partial charge is 0.192 e. The molecule has 0 saturated carbocycles. The Bertz CT molecular complexity index is 1020. The molecular formula is C22H21NO. The van der Waals surface area contributed by atoms with Crippen LogP contribution in [0.15, 0.2) is 65.8 Å². The minimum absolute atomic E-state index is 0.138. The number of ketones is 1. The van der Waals surface area contributed by atoms with Gasteiger partial charge in [-0.15, -0.1) is 0 Å². The van der Waals surface area contributed by atoms with Gasteiger partial charge in [0, 0.05) is 39.5 Å². The predicted octanol–water partition coefficient (Wildman–Crippen LogP) is 5.66. The summed E-state index contributed by atoms with van der Waals surface area (Å²) >= 11 is 0. The van der Waals surface area contributed by atoms with E-state index in [2.05, 4.69) is 60.9 Å². The molecule has 24 heavy (non-hydrogen) atoms. The molecule has 0 radical (unpaired) electrons. The molecule has 0 spiro atoms. The van der Waals surface area contributed by atoms with Crippen LogP contribution in [0.4, 0.5) is 0 Å². The predicted molar refractivity (Wildman–Crippen MR) is 101 cm³/mol. The van der Waals surface area contributed by atoms with E-state index < -0.39 is 0 Å². The Balaban J connectivity index is 1.92. The number of carbonyl (C=O) groups is 1. The molecule has 120 valence electrons. The van der Waals surface area contributed by atoms with E-state index in [0.29, 0.717) is 0 Å². The number of allylic oxidation sites excluding steroid dienone is 4. The summed E-state index contributed by atoms with van der Waals surface area (Å²) in [6.07, 6.45) is 6.10. The van der Waals surface area contributed by atoms with Crippen LogP contribution in [0, 0.1) is 0 Å². The molecular weight excluding hydrogens is 294 g/mol. The van der Waals surface area contributed by atoms with Gasteiger partial charge in [0.05, 0.1) is 0 Å². The highest BCUT2D eigenvalue weighted by atomic mass is 16.1. The van der Waals surface area contributed by atoms with Gasteiger partial charge in [-0.3, -0.25) is 4.79 Å². The van der Waals surface area contributed by atoms with Crippen molar-refractivity contribution >= 4 is 27.6 Å². The molecule has 2 nitrogen and oxygen atoms in total. The summed E-state index contributed by atoms with van der Waals surface area (Å²) in [5.74, 6) is 0.138. The number of aromatic nitrogens is 1. The summed E-state index contributed by atoms with van der Waals surface area (Å²) in [5, 5.41) is 2.38. The van der Waals surface area contributed by atoms with Gasteiger partial charge >= 0.3 is 0 Å². The first kappa shape index (κ1) is 14.9. The fourth-order valence-corrected chi connectivity index (χ4v) is 3.74. The first-order chi connectivity index (χ1) is 11.7. The first-order valence-corrected chi connectivity index (χ1v) is 8.62. The molecule has 1 aromatic heterocycles. The Morgan fingerprint density at radius 3 is 2.67 bits per heavy atom. The summed E-state index contributed by atoms with van der Waals surface area (Å²) in [7, 11) is 0. The zero-order valence-electron chi connectivity index (χ0n) is 14.2. The molecule has 4 rings (SSSR count). The van der Waals surface area contributed by atoms with Crippen LogP contribution in [0.2, 0.25) is 0 Å². The maximum Gasteiger partial charge on any atom is 0.192 e. The van der Waals surface area contributed by atoms with Crippen molar-refractivity contribution in [3.63, 3.8) is 0 Å². The number of rotatable bonds is 3.